The number of nitrogens with zero attached hydrogens (tertiary/aromatic N) is 4. The third-order valence-corrected chi connectivity index (χ3v) is 7.03. The Bertz CT molecular complexity index is 1480. The molecule has 0 saturated heterocycles. The number of rotatable bonds is 9. The van der Waals surface area contributed by atoms with E-state index < -0.39 is 23.7 Å². The van der Waals surface area contributed by atoms with Crippen molar-refractivity contribution in [1.82, 2.24) is 20.3 Å². The molecule has 0 unspecified atom stereocenters. The quantitative estimate of drug-likeness (QED) is 0.343. The average molecular weight is 532 g/mol. The van der Waals surface area contributed by atoms with E-state index in [-0.39, 0.29) is 23.8 Å². The maximum Gasteiger partial charge on any atom is 0.249 e. The second-order valence-electron chi connectivity index (χ2n) is 9.45. The summed E-state index contributed by atoms with van der Waals surface area (Å²) in [6.07, 6.45) is 3.66. The van der Waals surface area contributed by atoms with E-state index in [9.17, 15) is 9.59 Å². The lowest BCUT2D eigenvalue weighted by Crippen LogP contribution is -2.47. The summed E-state index contributed by atoms with van der Waals surface area (Å²) >= 11 is 0. The summed E-state index contributed by atoms with van der Waals surface area (Å²) in [5, 5.41) is 11.4. The lowest BCUT2D eigenvalue weighted by atomic mass is 10.0. The number of amides is 2. The van der Waals surface area contributed by atoms with Crippen molar-refractivity contribution >= 4 is 28.5 Å². The predicted octanol–water partition coefficient (Wildman–Crippen LogP) is 4.42. The zero-order chi connectivity index (χ0) is 27.4. The molecule has 1 heterocycles. The van der Waals surface area contributed by atoms with Gasteiger partial charge >= 0.3 is 0 Å². The third-order valence-electron chi connectivity index (χ3n) is 7.03. The van der Waals surface area contributed by atoms with E-state index in [4.69, 9.17) is 9.47 Å². The van der Waals surface area contributed by atoms with E-state index in [1.54, 1.807) is 42.5 Å². The summed E-state index contributed by atoms with van der Waals surface area (Å²) < 4.78 is 27.9. The lowest BCUT2D eigenvalue weighted by molar-refractivity contribution is -0.127. The molecular weight excluding hydrogens is 501 g/mol. The van der Waals surface area contributed by atoms with Crippen molar-refractivity contribution in [1.29, 1.82) is 0 Å². The first-order valence-electron chi connectivity index (χ1n) is 12.9. The number of hydrogen-bond donors (Lipinski definition) is 1. The molecular formula is C29H30FN5O4. The SMILES string of the molecule is COc1ccc(OC)c(N(C(=O)Cn2nnc3ccccc32)[C@@H](C(=O)NC2CCCC2)c2ccccc2F)c1. The normalized spacial score (nSPS) is 14.2. The van der Waals surface area contributed by atoms with Gasteiger partial charge < -0.3 is 14.8 Å². The molecule has 1 atom stereocenters. The molecule has 2 amide bonds. The molecule has 0 bridgehead atoms. The van der Waals surface area contributed by atoms with Crippen LogP contribution >= 0.6 is 0 Å². The van der Waals surface area contributed by atoms with Crippen LogP contribution in [0.25, 0.3) is 11.0 Å². The number of methoxy groups -OCH3 is 2. The summed E-state index contributed by atoms with van der Waals surface area (Å²) in [6, 6.07) is 16.8. The number of ether oxygens (including phenoxy) is 2. The first kappa shape index (κ1) is 26.1. The maximum absolute atomic E-state index is 15.4. The molecule has 1 N–H and O–H groups in total. The molecule has 1 saturated carbocycles. The molecule has 0 spiro atoms. The first-order valence-corrected chi connectivity index (χ1v) is 12.9. The van der Waals surface area contributed by atoms with E-state index in [0.29, 0.717) is 22.5 Å². The minimum absolute atomic E-state index is 0.0461. The number of aromatic nitrogens is 3. The van der Waals surface area contributed by atoms with E-state index in [1.165, 1.54) is 35.9 Å². The summed E-state index contributed by atoms with van der Waals surface area (Å²) in [4.78, 5) is 29.5. The molecule has 0 radical (unpaired) electrons. The molecule has 1 aliphatic rings. The number of fused-ring (bicyclic) bond motifs is 1. The topological polar surface area (TPSA) is 98.6 Å². The fourth-order valence-corrected chi connectivity index (χ4v) is 5.09. The zero-order valence-electron chi connectivity index (χ0n) is 21.8. The molecule has 1 aromatic heterocycles. The number of halogens is 1. The summed E-state index contributed by atoms with van der Waals surface area (Å²) in [5.74, 6) is -0.823. The number of carbonyl (C=O) groups is 2. The van der Waals surface area contributed by atoms with Gasteiger partial charge in [0.2, 0.25) is 11.8 Å². The largest absolute Gasteiger partial charge is 0.497 e. The van der Waals surface area contributed by atoms with Crippen molar-refractivity contribution in [3.05, 3.63) is 78.1 Å². The van der Waals surface area contributed by atoms with Gasteiger partial charge in [0, 0.05) is 17.7 Å². The van der Waals surface area contributed by atoms with Crippen molar-refractivity contribution in [3.63, 3.8) is 0 Å². The van der Waals surface area contributed by atoms with E-state index in [0.717, 1.165) is 25.7 Å². The van der Waals surface area contributed by atoms with Crippen LogP contribution in [0.3, 0.4) is 0 Å². The minimum atomic E-state index is -1.32. The Labute approximate surface area is 225 Å². The maximum atomic E-state index is 15.4. The molecule has 3 aromatic carbocycles. The van der Waals surface area contributed by atoms with Gasteiger partial charge in [-0.05, 0) is 43.2 Å². The number of anilines is 1. The fourth-order valence-electron chi connectivity index (χ4n) is 5.09. The van der Waals surface area contributed by atoms with Crippen LogP contribution in [0, 0.1) is 5.82 Å². The van der Waals surface area contributed by atoms with Crippen LogP contribution in [0.5, 0.6) is 11.5 Å². The van der Waals surface area contributed by atoms with Crippen LogP contribution < -0.4 is 19.7 Å². The van der Waals surface area contributed by atoms with Gasteiger partial charge in [0.05, 0.1) is 25.4 Å². The number of nitrogens with one attached hydrogen (secondary N) is 1. The van der Waals surface area contributed by atoms with Gasteiger partial charge in [-0.25, -0.2) is 9.07 Å². The van der Waals surface area contributed by atoms with Crippen LogP contribution in [0.2, 0.25) is 0 Å². The highest BCUT2D eigenvalue weighted by molar-refractivity contribution is 6.03. The molecule has 0 aliphatic heterocycles. The van der Waals surface area contributed by atoms with Crippen LogP contribution in [-0.4, -0.2) is 47.1 Å². The molecule has 4 aromatic rings. The highest BCUT2D eigenvalue weighted by atomic mass is 19.1. The van der Waals surface area contributed by atoms with E-state index in [2.05, 4.69) is 15.6 Å². The average Bonchev–Trinajstić information content (AvgIpc) is 3.62. The van der Waals surface area contributed by atoms with Gasteiger partial charge in [-0.15, -0.1) is 5.10 Å². The number of hydrogen-bond acceptors (Lipinski definition) is 6. The Morgan fingerprint density at radius 2 is 1.79 bits per heavy atom. The smallest absolute Gasteiger partial charge is 0.249 e. The Hall–Kier alpha value is -4.47. The summed E-state index contributed by atoms with van der Waals surface area (Å²) in [6.45, 7) is -0.247. The fraction of sp³-hybridized carbons (Fsp3) is 0.310. The van der Waals surface area contributed by atoms with Crippen molar-refractivity contribution < 1.29 is 23.5 Å². The molecule has 5 rings (SSSR count). The number of benzene rings is 3. The standard InChI is InChI=1S/C29H30FN5O4/c1-38-20-15-16-26(39-2)25(17-20)35(27(36)18-34-24-14-8-7-13-23(24)32-33-34)28(21-11-5-6-12-22(21)30)29(37)31-19-9-3-4-10-19/h5-8,11-17,19,28H,3-4,9-10,18H2,1-2H3,(H,31,37)/t28-/m1/s1. The van der Waals surface area contributed by atoms with Crippen molar-refractivity contribution in [3.8, 4) is 11.5 Å². The van der Waals surface area contributed by atoms with Crippen molar-refractivity contribution in [2.75, 3.05) is 19.1 Å². The van der Waals surface area contributed by atoms with Gasteiger partial charge in [-0.2, -0.15) is 0 Å². The van der Waals surface area contributed by atoms with Gasteiger partial charge in [-0.1, -0.05) is 48.4 Å². The predicted molar refractivity (Wildman–Crippen MR) is 144 cm³/mol. The Balaban J connectivity index is 1.65. The van der Waals surface area contributed by atoms with Gasteiger partial charge in [0.15, 0.2) is 0 Å². The second kappa shape index (κ2) is 11.5. The monoisotopic (exact) mass is 531 g/mol. The highest BCUT2D eigenvalue weighted by Gasteiger charge is 2.37. The summed E-state index contributed by atoms with van der Waals surface area (Å²) in [7, 11) is 2.97. The van der Waals surface area contributed by atoms with Crippen LogP contribution in [-0.2, 0) is 16.1 Å². The Morgan fingerprint density at radius 1 is 1.05 bits per heavy atom. The van der Waals surface area contributed by atoms with Crippen LogP contribution in [0.1, 0.15) is 37.3 Å². The molecule has 10 heteroatoms. The zero-order valence-corrected chi connectivity index (χ0v) is 21.8. The Kier molecular flexibility index (Phi) is 7.72. The van der Waals surface area contributed by atoms with E-state index in [1.807, 2.05) is 12.1 Å². The molecule has 1 fully saturated rings. The first-order chi connectivity index (χ1) is 19.0. The number of para-hydroxylation sites is 1. The summed E-state index contributed by atoms with van der Waals surface area (Å²) in [5.41, 5.74) is 1.61. The lowest BCUT2D eigenvalue weighted by Gasteiger charge is -2.33. The molecule has 1 aliphatic carbocycles. The molecule has 39 heavy (non-hydrogen) atoms. The van der Waals surface area contributed by atoms with Crippen LogP contribution in [0.4, 0.5) is 10.1 Å². The van der Waals surface area contributed by atoms with Crippen molar-refractivity contribution in [2.45, 2.75) is 44.3 Å². The third kappa shape index (κ3) is 5.41. The van der Waals surface area contributed by atoms with Gasteiger partial charge in [0.1, 0.15) is 35.4 Å². The van der Waals surface area contributed by atoms with Crippen molar-refractivity contribution in [2.24, 2.45) is 0 Å². The van der Waals surface area contributed by atoms with Gasteiger partial charge in [-0.3, -0.25) is 14.5 Å². The van der Waals surface area contributed by atoms with Crippen LogP contribution in [0.15, 0.2) is 66.7 Å². The molecule has 9 nitrogen and oxygen atoms in total. The van der Waals surface area contributed by atoms with Gasteiger partial charge in [0.25, 0.3) is 0 Å². The number of carbonyl (C=O) groups excluding carboxylic acids is 2. The Morgan fingerprint density at radius 3 is 2.54 bits per heavy atom. The minimum Gasteiger partial charge on any atom is -0.497 e. The van der Waals surface area contributed by atoms with E-state index >= 15 is 4.39 Å². The molecule has 202 valence electrons. The second-order valence-corrected chi connectivity index (χ2v) is 9.45. The highest BCUT2D eigenvalue weighted by Crippen LogP contribution is 2.39.